The monoisotopic (exact) mass is 283 g/mol. The molecule has 0 N–H and O–H groups in total. The first kappa shape index (κ1) is 13.5. The number of nitrogens with zero attached hydrogens (tertiary/aromatic N) is 3. The van der Waals surface area contributed by atoms with Crippen molar-refractivity contribution in [3.05, 3.63) is 46.7 Å². The Morgan fingerprint density at radius 1 is 1.24 bits per heavy atom. The number of rotatable bonds is 2. The summed E-state index contributed by atoms with van der Waals surface area (Å²) in [5.74, 6) is 0.679. The summed E-state index contributed by atoms with van der Waals surface area (Å²) in [5.41, 5.74) is 1.87. The van der Waals surface area contributed by atoms with Gasteiger partial charge in [0, 0.05) is 5.56 Å². The number of hydrogen-bond donors (Lipinski definition) is 0. The highest BCUT2D eigenvalue weighted by atomic mass is 19.1. The lowest BCUT2D eigenvalue weighted by Gasteiger charge is -2.18. The Morgan fingerprint density at radius 3 is 2.86 bits per heavy atom. The number of aromatic nitrogens is 2. The van der Waals surface area contributed by atoms with E-state index >= 15 is 0 Å². The molecule has 0 fully saturated rings. The highest BCUT2D eigenvalue weighted by Gasteiger charge is 2.20. The van der Waals surface area contributed by atoms with Gasteiger partial charge in [-0.3, -0.25) is 0 Å². The highest BCUT2D eigenvalue weighted by molar-refractivity contribution is 5.46. The lowest BCUT2D eigenvalue weighted by Crippen LogP contribution is -2.10. The minimum Gasteiger partial charge on any atom is -0.437 e. The maximum absolute atomic E-state index is 13.6. The van der Waals surface area contributed by atoms with E-state index in [1.807, 2.05) is 6.07 Å². The molecule has 0 saturated heterocycles. The molecular formula is C16H14FN3O. The van der Waals surface area contributed by atoms with Crippen molar-refractivity contribution in [3.63, 3.8) is 0 Å². The average molecular weight is 283 g/mol. The van der Waals surface area contributed by atoms with Crippen LogP contribution in [0.3, 0.4) is 0 Å². The van der Waals surface area contributed by atoms with Gasteiger partial charge in [0.2, 0.25) is 5.88 Å². The topological polar surface area (TPSA) is 58.8 Å². The number of benzene rings is 1. The molecule has 4 nitrogen and oxygen atoms in total. The fourth-order valence-electron chi connectivity index (χ4n) is 2.56. The molecule has 0 radical (unpaired) electrons. The van der Waals surface area contributed by atoms with Gasteiger partial charge in [0.25, 0.3) is 0 Å². The molecule has 0 atom stereocenters. The normalized spacial score (nSPS) is 13.4. The molecule has 1 aliphatic rings. The van der Waals surface area contributed by atoms with Gasteiger partial charge in [-0.25, -0.2) is 9.37 Å². The standard InChI is InChI=1S/C16H14FN3O/c1-10-19-14-7-3-2-5-11(14)16(20-10)21-15-8-4-6-13(17)12(15)9-18/h4,6,8H,2-3,5,7H2,1H3. The molecule has 0 saturated carbocycles. The van der Waals surface area contributed by atoms with E-state index in [1.54, 1.807) is 13.0 Å². The maximum atomic E-state index is 13.6. The van der Waals surface area contributed by atoms with Gasteiger partial charge in [-0.15, -0.1) is 0 Å². The molecule has 5 heteroatoms. The van der Waals surface area contributed by atoms with Crippen LogP contribution in [0.15, 0.2) is 18.2 Å². The molecule has 0 unspecified atom stereocenters. The lowest BCUT2D eigenvalue weighted by molar-refractivity contribution is 0.439. The molecule has 3 rings (SSSR count). The van der Waals surface area contributed by atoms with Crippen molar-refractivity contribution in [1.82, 2.24) is 9.97 Å². The van der Waals surface area contributed by atoms with Crippen LogP contribution >= 0.6 is 0 Å². The van der Waals surface area contributed by atoms with Crippen molar-refractivity contribution in [3.8, 4) is 17.7 Å². The summed E-state index contributed by atoms with van der Waals surface area (Å²) >= 11 is 0. The van der Waals surface area contributed by atoms with Crippen LogP contribution in [0.1, 0.15) is 35.5 Å². The Morgan fingerprint density at radius 2 is 2.05 bits per heavy atom. The minimum absolute atomic E-state index is 0.0988. The zero-order valence-electron chi connectivity index (χ0n) is 11.7. The largest absolute Gasteiger partial charge is 0.437 e. The first-order valence-electron chi connectivity index (χ1n) is 6.92. The Labute approximate surface area is 122 Å². The highest BCUT2D eigenvalue weighted by Crippen LogP contribution is 2.32. The van der Waals surface area contributed by atoms with E-state index in [9.17, 15) is 4.39 Å². The molecule has 2 aromatic rings. The van der Waals surface area contributed by atoms with E-state index in [-0.39, 0.29) is 11.3 Å². The zero-order chi connectivity index (χ0) is 14.8. The van der Waals surface area contributed by atoms with Gasteiger partial charge < -0.3 is 4.74 Å². The van der Waals surface area contributed by atoms with Crippen LogP contribution in [0.25, 0.3) is 0 Å². The summed E-state index contributed by atoms with van der Waals surface area (Å²) in [7, 11) is 0. The van der Waals surface area contributed by atoms with Crippen molar-refractivity contribution < 1.29 is 9.13 Å². The smallest absolute Gasteiger partial charge is 0.226 e. The minimum atomic E-state index is -0.588. The van der Waals surface area contributed by atoms with E-state index in [1.165, 1.54) is 12.1 Å². The Hall–Kier alpha value is -2.48. The number of aryl methyl sites for hydroxylation is 2. The van der Waals surface area contributed by atoms with Gasteiger partial charge in [0.15, 0.2) is 0 Å². The average Bonchev–Trinajstić information content (AvgIpc) is 2.47. The fraction of sp³-hybridized carbons (Fsp3) is 0.312. The van der Waals surface area contributed by atoms with Crippen LogP contribution in [0.2, 0.25) is 0 Å². The van der Waals surface area contributed by atoms with Crippen LogP contribution in [0.5, 0.6) is 11.6 Å². The molecule has 1 heterocycles. The predicted molar refractivity (Wildman–Crippen MR) is 74.6 cm³/mol. The summed E-state index contributed by atoms with van der Waals surface area (Å²) in [5, 5.41) is 9.07. The summed E-state index contributed by atoms with van der Waals surface area (Å²) in [4.78, 5) is 8.77. The number of ether oxygens (including phenoxy) is 1. The molecule has 21 heavy (non-hydrogen) atoms. The second-order valence-electron chi connectivity index (χ2n) is 5.04. The molecule has 0 aliphatic heterocycles. The quantitative estimate of drug-likeness (QED) is 0.846. The van der Waals surface area contributed by atoms with Crippen molar-refractivity contribution in [2.24, 2.45) is 0 Å². The molecule has 1 aromatic heterocycles. The van der Waals surface area contributed by atoms with Gasteiger partial charge in [0.05, 0.1) is 5.69 Å². The molecule has 0 amide bonds. The molecule has 1 aromatic carbocycles. The van der Waals surface area contributed by atoms with Crippen LogP contribution in [-0.2, 0) is 12.8 Å². The summed E-state index contributed by atoms with van der Waals surface area (Å²) in [6.07, 6.45) is 3.92. The van der Waals surface area contributed by atoms with Gasteiger partial charge in [0.1, 0.15) is 29.0 Å². The summed E-state index contributed by atoms with van der Waals surface area (Å²) < 4.78 is 19.4. The van der Waals surface area contributed by atoms with Crippen LogP contribution < -0.4 is 4.74 Å². The number of nitriles is 1. The lowest BCUT2D eigenvalue weighted by atomic mass is 9.97. The van der Waals surface area contributed by atoms with E-state index in [4.69, 9.17) is 10.00 Å². The van der Waals surface area contributed by atoms with Crippen molar-refractivity contribution in [2.75, 3.05) is 0 Å². The number of hydrogen-bond acceptors (Lipinski definition) is 4. The van der Waals surface area contributed by atoms with E-state index in [0.29, 0.717) is 11.7 Å². The van der Waals surface area contributed by atoms with Gasteiger partial charge in [-0.1, -0.05) is 6.07 Å². The molecule has 1 aliphatic carbocycles. The second-order valence-corrected chi connectivity index (χ2v) is 5.04. The third-order valence-corrected chi connectivity index (χ3v) is 3.55. The van der Waals surface area contributed by atoms with E-state index in [0.717, 1.165) is 36.9 Å². The predicted octanol–water partition coefficient (Wildman–Crippen LogP) is 3.47. The van der Waals surface area contributed by atoms with E-state index < -0.39 is 5.82 Å². The van der Waals surface area contributed by atoms with Crippen molar-refractivity contribution >= 4 is 0 Å². The summed E-state index contributed by atoms with van der Waals surface area (Å²) in [6.45, 7) is 1.80. The Bertz CT molecular complexity index is 737. The second kappa shape index (κ2) is 5.49. The molecular weight excluding hydrogens is 269 g/mol. The van der Waals surface area contributed by atoms with Crippen LogP contribution in [0.4, 0.5) is 4.39 Å². The zero-order valence-corrected chi connectivity index (χ0v) is 11.7. The first-order valence-corrected chi connectivity index (χ1v) is 6.92. The molecule has 0 bridgehead atoms. The van der Waals surface area contributed by atoms with Crippen molar-refractivity contribution in [2.45, 2.75) is 32.6 Å². The van der Waals surface area contributed by atoms with Gasteiger partial charge >= 0.3 is 0 Å². The van der Waals surface area contributed by atoms with Crippen LogP contribution in [0, 0.1) is 24.1 Å². The van der Waals surface area contributed by atoms with Crippen LogP contribution in [-0.4, -0.2) is 9.97 Å². The third kappa shape index (κ3) is 2.57. The molecule has 106 valence electrons. The number of halogens is 1. The van der Waals surface area contributed by atoms with Gasteiger partial charge in [-0.2, -0.15) is 10.2 Å². The number of fused-ring (bicyclic) bond motifs is 1. The van der Waals surface area contributed by atoms with Gasteiger partial charge in [-0.05, 0) is 44.7 Å². The van der Waals surface area contributed by atoms with E-state index in [2.05, 4.69) is 9.97 Å². The fourth-order valence-corrected chi connectivity index (χ4v) is 2.56. The third-order valence-electron chi connectivity index (χ3n) is 3.55. The molecule has 0 spiro atoms. The van der Waals surface area contributed by atoms with Crippen molar-refractivity contribution in [1.29, 1.82) is 5.26 Å². The Kier molecular flexibility index (Phi) is 3.53. The first-order chi connectivity index (χ1) is 10.2. The summed E-state index contributed by atoms with van der Waals surface area (Å²) in [6, 6.07) is 6.18. The maximum Gasteiger partial charge on any atom is 0.226 e. The Balaban J connectivity index is 2.05. The SMILES string of the molecule is Cc1nc2c(c(Oc3cccc(F)c3C#N)n1)CCCC2.